The third-order valence-corrected chi connectivity index (χ3v) is 3.10. The van der Waals surface area contributed by atoms with Crippen LogP contribution in [-0.4, -0.2) is 32.6 Å². The van der Waals surface area contributed by atoms with Gasteiger partial charge in [-0.05, 0) is 19.1 Å². The fourth-order valence-corrected chi connectivity index (χ4v) is 1.62. The molecule has 0 saturated heterocycles. The van der Waals surface area contributed by atoms with E-state index in [0.29, 0.717) is 5.03 Å². The summed E-state index contributed by atoms with van der Waals surface area (Å²) in [7, 11) is 0. The van der Waals surface area contributed by atoms with Crippen molar-refractivity contribution < 1.29 is 9.90 Å². The van der Waals surface area contributed by atoms with Crippen LogP contribution in [0, 0.1) is 0 Å². The Morgan fingerprint density at radius 2 is 2.13 bits per heavy atom. The van der Waals surface area contributed by atoms with E-state index in [0.717, 1.165) is 0 Å². The minimum atomic E-state index is -0.595. The van der Waals surface area contributed by atoms with Crippen molar-refractivity contribution in [3.05, 3.63) is 17.8 Å². The van der Waals surface area contributed by atoms with Gasteiger partial charge in [0.15, 0.2) is 5.69 Å². The summed E-state index contributed by atoms with van der Waals surface area (Å²) in [6, 6.07) is 3.18. The molecular weight excluding hydrogens is 214 g/mol. The molecule has 6 heteroatoms. The lowest BCUT2D eigenvalue weighted by molar-refractivity contribution is 0.0994. The highest BCUT2D eigenvalue weighted by molar-refractivity contribution is 7.99. The van der Waals surface area contributed by atoms with E-state index in [1.807, 2.05) is 6.92 Å². The van der Waals surface area contributed by atoms with Gasteiger partial charge in [0.05, 0.1) is 6.10 Å². The predicted molar refractivity (Wildman–Crippen MR) is 57.5 cm³/mol. The third-order valence-electron chi connectivity index (χ3n) is 1.88. The first-order valence-electron chi connectivity index (χ1n) is 4.49. The van der Waals surface area contributed by atoms with Crippen LogP contribution >= 0.6 is 11.8 Å². The van der Waals surface area contributed by atoms with E-state index in [1.165, 1.54) is 17.8 Å². The number of aliphatic hydroxyl groups is 1. The smallest absolute Gasteiger partial charge is 0.269 e. The molecule has 1 aromatic rings. The number of aliphatic hydroxyl groups excluding tert-OH is 1. The summed E-state index contributed by atoms with van der Waals surface area (Å²) < 4.78 is 0. The number of carbonyl (C=O) groups excluding carboxylic acids is 1. The molecule has 0 aliphatic carbocycles. The quantitative estimate of drug-likeness (QED) is 0.728. The zero-order valence-corrected chi connectivity index (χ0v) is 9.36. The molecule has 2 unspecified atom stereocenters. The molecule has 0 spiro atoms. The number of hydrogen-bond acceptors (Lipinski definition) is 5. The van der Waals surface area contributed by atoms with Crippen LogP contribution in [0.2, 0.25) is 0 Å². The number of carbonyl (C=O) groups is 1. The van der Waals surface area contributed by atoms with E-state index in [-0.39, 0.29) is 10.9 Å². The van der Waals surface area contributed by atoms with E-state index in [2.05, 4.69) is 10.2 Å². The number of aromatic nitrogens is 2. The SMILES string of the molecule is CC(O)C(C)Sc1ccc(C(N)=O)nn1. The summed E-state index contributed by atoms with van der Waals surface area (Å²) in [6.07, 6.45) is -0.424. The van der Waals surface area contributed by atoms with Gasteiger partial charge in [0, 0.05) is 5.25 Å². The molecule has 0 aromatic carbocycles. The topological polar surface area (TPSA) is 89.1 Å². The summed E-state index contributed by atoms with van der Waals surface area (Å²) in [4.78, 5) is 10.7. The van der Waals surface area contributed by atoms with Gasteiger partial charge in [0.1, 0.15) is 5.03 Å². The van der Waals surface area contributed by atoms with Gasteiger partial charge in [-0.15, -0.1) is 10.2 Å². The maximum Gasteiger partial charge on any atom is 0.269 e. The molecule has 82 valence electrons. The second kappa shape index (κ2) is 5.09. The van der Waals surface area contributed by atoms with E-state index < -0.39 is 12.0 Å². The molecule has 0 saturated carbocycles. The Morgan fingerprint density at radius 1 is 1.47 bits per heavy atom. The summed E-state index contributed by atoms with van der Waals surface area (Å²) >= 11 is 1.40. The first-order valence-corrected chi connectivity index (χ1v) is 5.37. The maximum absolute atomic E-state index is 10.7. The van der Waals surface area contributed by atoms with E-state index in [1.54, 1.807) is 13.0 Å². The molecule has 0 aliphatic heterocycles. The molecule has 0 aliphatic rings. The van der Waals surface area contributed by atoms with Crippen molar-refractivity contribution in [2.24, 2.45) is 5.73 Å². The molecule has 2 atom stereocenters. The summed E-state index contributed by atoms with van der Waals surface area (Å²) in [6.45, 7) is 3.60. The van der Waals surface area contributed by atoms with Crippen molar-refractivity contribution in [2.45, 2.75) is 30.2 Å². The third kappa shape index (κ3) is 3.49. The first-order chi connectivity index (χ1) is 7.00. The molecule has 0 radical (unpaired) electrons. The summed E-state index contributed by atoms with van der Waals surface area (Å²) in [5.74, 6) is -0.595. The maximum atomic E-state index is 10.7. The Bertz CT molecular complexity index is 340. The highest BCUT2D eigenvalue weighted by atomic mass is 32.2. The Kier molecular flexibility index (Phi) is 4.05. The Balaban J connectivity index is 2.68. The zero-order valence-electron chi connectivity index (χ0n) is 8.54. The number of nitrogens with zero attached hydrogens (tertiary/aromatic N) is 2. The standard InChI is InChI=1S/C9H13N3O2S/c1-5(13)6(2)15-8-4-3-7(9(10)14)11-12-8/h3-6,13H,1-2H3,(H2,10,14). The van der Waals surface area contributed by atoms with E-state index in [9.17, 15) is 9.90 Å². The molecule has 1 heterocycles. The number of thioether (sulfide) groups is 1. The van der Waals surface area contributed by atoms with Crippen molar-refractivity contribution in [1.29, 1.82) is 0 Å². The minimum absolute atomic E-state index is 0.0266. The van der Waals surface area contributed by atoms with Gasteiger partial charge >= 0.3 is 0 Å². The van der Waals surface area contributed by atoms with Crippen LogP contribution < -0.4 is 5.73 Å². The van der Waals surface area contributed by atoms with Crippen molar-refractivity contribution >= 4 is 17.7 Å². The average molecular weight is 227 g/mol. The van der Waals surface area contributed by atoms with Crippen LogP contribution in [0.1, 0.15) is 24.3 Å². The van der Waals surface area contributed by atoms with Crippen LogP contribution in [0.3, 0.4) is 0 Å². The van der Waals surface area contributed by atoms with Gasteiger partial charge in [0.25, 0.3) is 5.91 Å². The highest BCUT2D eigenvalue weighted by Gasteiger charge is 2.12. The second-order valence-electron chi connectivity index (χ2n) is 3.18. The van der Waals surface area contributed by atoms with Gasteiger partial charge in [-0.25, -0.2) is 0 Å². The number of hydrogen-bond donors (Lipinski definition) is 2. The molecule has 1 aromatic heterocycles. The molecule has 0 bridgehead atoms. The van der Waals surface area contributed by atoms with Gasteiger partial charge in [0.2, 0.25) is 0 Å². The number of primary amides is 1. The van der Waals surface area contributed by atoms with Crippen LogP contribution in [0.25, 0.3) is 0 Å². The predicted octanol–water partition coefficient (Wildman–Crippen LogP) is 0.437. The van der Waals surface area contributed by atoms with Gasteiger partial charge < -0.3 is 10.8 Å². The van der Waals surface area contributed by atoms with Gasteiger partial charge in [-0.1, -0.05) is 18.7 Å². The van der Waals surface area contributed by atoms with Gasteiger partial charge in [-0.3, -0.25) is 4.79 Å². The molecule has 0 fully saturated rings. The van der Waals surface area contributed by atoms with Crippen molar-refractivity contribution in [3.63, 3.8) is 0 Å². The number of rotatable bonds is 4. The van der Waals surface area contributed by atoms with E-state index in [4.69, 9.17) is 5.73 Å². The highest BCUT2D eigenvalue weighted by Crippen LogP contribution is 2.22. The fourth-order valence-electron chi connectivity index (χ4n) is 0.803. The number of nitrogens with two attached hydrogens (primary N) is 1. The molecule has 15 heavy (non-hydrogen) atoms. The summed E-state index contributed by atoms with van der Waals surface area (Å²) in [5.41, 5.74) is 5.17. The average Bonchev–Trinajstić information content (AvgIpc) is 2.18. The fraction of sp³-hybridized carbons (Fsp3) is 0.444. The first kappa shape index (κ1) is 11.9. The Hall–Kier alpha value is -1.14. The van der Waals surface area contributed by atoms with Crippen LogP contribution in [0.4, 0.5) is 0 Å². The molecule has 1 rings (SSSR count). The Morgan fingerprint density at radius 3 is 2.53 bits per heavy atom. The van der Waals surface area contributed by atoms with Crippen molar-refractivity contribution in [2.75, 3.05) is 0 Å². The monoisotopic (exact) mass is 227 g/mol. The normalized spacial score (nSPS) is 14.6. The minimum Gasteiger partial charge on any atom is -0.392 e. The Labute approximate surface area is 92.1 Å². The van der Waals surface area contributed by atoms with E-state index >= 15 is 0 Å². The summed E-state index contributed by atoms with van der Waals surface area (Å²) in [5, 5.41) is 17.5. The van der Waals surface area contributed by atoms with Crippen LogP contribution in [-0.2, 0) is 0 Å². The molecule has 3 N–H and O–H groups in total. The lowest BCUT2D eigenvalue weighted by Crippen LogP contribution is -2.16. The number of amides is 1. The lowest BCUT2D eigenvalue weighted by Gasteiger charge is -2.12. The van der Waals surface area contributed by atoms with Crippen molar-refractivity contribution in [1.82, 2.24) is 10.2 Å². The largest absolute Gasteiger partial charge is 0.392 e. The zero-order chi connectivity index (χ0) is 11.4. The second-order valence-corrected chi connectivity index (χ2v) is 4.58. The van der Waals surface area contributed by atoms with Gasteiger partial charge in [-0.2, -0.15) is 0 Å². The molecule has 5 nitrogen and oxygen atoms in total. The molecule has 1 amide bonds. The van der Waals surface area contributed by atoms with Crippen LogP contribution in [0.5, 0.6) is 0 Å². The van der Waals surface area contributed by atoms with Crippen molar-refractivity contribution in [3.8, 4) is 0 Å². The lowest BCUT2D eigenvalue weighted by atomic mass is 10.3. The molecular formula is C9H13N3O2S. The van der Waals surface area contributed by atoms with Crippen LogP contribution in [0.15, 0.2) is 17.2 Å².